The molecule has 1 aliphatic rings. The summed E-state index contributed by atoms with van der Waals surface area (Å²) in [6.45, 7) is 7.73. The normalized spacial score (nSPS) is 16.9. The first kappa shape index (κ1) is 16.2. The smallest absolute Gasteiger partial charge is 0.244 e. The van der Waals surface area contributed by atoms with Crippen molar-refractivity contribution in [2.24, 2.45) is 0 Å². The first-order valence-corrected chi connectivity index (χ1v) is 8.36. The highest BCUT2D eigenvalue weighted by atomic mass is 79.9. The minimum absolute atomic E-state index is 0.149. The Kier molecular flexibility index (Phi) is 5.56. The van der Waals surface area contributed by atoms with E-state index in [9.17, 15) is 4.79 Å². The third-order valence-corrected chi connectivity index (χ3v) is 4.04. The van der Waals surface area contributed by atoms with Crippen molar-refractivity contribution in [3.8, 4) is 0 Å². The number of amides is 1. The summed E-state index contributed by atoms with van der Waals surface area (Å²) < 4.78 is 0.737. The topological polar surface area (TPSA) is 58.1 Å². The molecule has 1 saturated heterocycles. The van der Waals surface area contributed by atoms with Crippen LogP contribution in [-0.4, -0.2) is 39.9 Å². The molecule has 1 aliphatic heterocycles. The fraction of sp³-hybridized carbons (Fsp3) is 0.667. The molecule has 1 fully saturated rings. The summed E-state index contributed by atoms with van der Waals surface area (Å²) >= 11 is 3.40. The number of aromatic nitrogens is 2. The molecule has 1 aromatic rings. The van der Waals surface area contributed by atoms with Gasteiger partial charge in [0.25, 0.3) is 0 Å². The van der Waals surface area contributed by atoms with Gasteiger partial charge in [0, 0.05) is 25.1 Å². The van der Waals surface area contributed by atoms with Gasteiger partial charge in [0.2, 0.25) is 5.91 Å². The van der Waals surface area contributed by atoms with Crippen molar-refractivity contribution >= 4 is 27.7 Å². The van der Waals surface area contributed by atoms with Gasteiger partial charge in [-0.1, -0.05) is 13.8 Å². The molecule has 0 spiro atoms. The zero-order valence-electron chi connectivity index (χ0n) is 12.9. The van der Waals surface area contributed by atoms with Crippen molar-refractivity contribution in [2.45, 2.75) is 52.0 Å². The highest BCUT2D eigenvalue weighted by Gasteiger charge is 2.22. The van der Waals surface area contributed by atoms with E-state index in [0.717, 1.165) is 36.4 Å². The van der Waals surface area contributed by atoms with E-state index in [-0.39, 0.29) is 17.9 Å². The fourth-order valence-electron chi connectivity index (χ4n) is 2.44. The summed E-state index contributed by atoms with van der Waals surface area (Å²) in [4.78, 5) is 23.2. The predicted octanol–water partition coefficient (Wildman–Crippen LogP) is 3.18. The average Bonchev–Trinajstić information content (AvgIpc) is 2.46. The van der Waals surface area contributed by atoms with Gasteiger partial charge >= 0.3 is 0 Å². The number of carbonyl (C=O) groups is 1. The van der Waals surface area contributed by atoms with Gasteiger partial charge in [0.15, 0.2) is 0 Å². The number of rotatable bonds is 4. The van der Waals surface area contributed by atoms with Gasteiger partial charge < -0.3 is 10.2 Å². The molecular formula is C15H23BrN4O. The van der Waals surface area contributed by atoms with Crippen molar-refractivity contribution in [3.05, 3.63) is 16.5 Å². The van der Waals surface area contributed by atoms with Gasteiger partial charge in [-0.25, -0.2) is 9.97 Å². The van der Waals surface area contributed by atoms with E-state index in [1.807, 2.05) is 31.7 Å². The Morgan fingerprint density at radius 2 is 1.90 bits per heavy atom. The van der Waals surface area contributed by atoms with Crippen LogP contribution in [0, 0.1) is 0 Å². The molecule has 2 heterocycles. The third-order valence-electron chi connectivity index (χ3n) is 3.63. The molecule has 0 saturated carbocycles. The second-order valence-corrected chi connectivity index (χ2v) is 6.65. The summed E-state index contributed by atoms with van der Waals surface area (Å²) in [5.41, 5.74) is 0. The number of anilines is 1. The van der Waals surface area contributed by atoms with Crippen molar-refractivity contribution in [1.29, 1.82) is 0 Å². The first-order chi connectivity index (χ1) is 9.97. The molecule has 1 amide bonds. The van der Waals surface area contributed by atoms with Crippen LogP contribution in [0.1, 0.15) is 51.8 Å². The summed E-state index contributed by atoms with van der Waals surface area (Å²) in [5, 5.41) is 3.20. The molecule has 1 N–H and O–H groups in total. The number of carbonyl (C=O) groups excluding carboxylic acids is 1. The molecule has 1 aromatic heterocycles. The van der Waals surface area contributed by atoms with E-state index in [4.69, 9.17) is 0 Å². The van der Waals surface area contributed by atoms with Gasteiger partial charge in [-0.2, -0.15) is 0 Å². The SMILES string of the molecule is CC(Nc1cc(Br)nc(C(C)C)n1)C(=O)N1CCCCC1. The highest BCUT2D eigenvalue weighted by Crippen LogP contribution is 2.18. The van der Waals surface area contributed by atoms with E-state index in [1.54, 1.807) is 0 Å². The Morgan fingerprint density at radius 1 is 1.24 bits per heavy atom. The van der Waals surface area contributed by atoms with Gasteiger partial charge in [0.1, 0.15) is 22.3 Å². The minimum atomic E-state index is -0.273. The molecule has 116 valence electrons. The number of hydrogen-bond acceptors (Lipinski definition) is 4. The van der Waals surface area contributed by atoms with Gasteiger partial charge in [-0.15, -0.1) is 0 Å². The molecule has 1 unspecified atom stereocenters. The molecule has 0 aromatic carbocycles. The second-order valence-electron chi connectivity index (χ2n) is 5.84. The van der Waals surface area contributed by atoms with Gasteiger partial charge in [-0.3, -0.25) is 4.79 Å². The molecule has 0 bridgehead atoms. The maximum absolute atomic E-state index is 12.4. The average molecular weight is 355 g/mol. The van der Waals surface area contributed by atoms with Crippen LogP contribution in [0.3, 0.4) is 0 Å². The lowest BCUT2D eigenvalue weighted by molar-refractivity contribution is -0.132. The van der Waals surface area contributed by atoms with Crippen LogP contribution < -0.4 is 5.32 Å². The van der Waals surface area contributed by atoms with E-state index < -0.39 is 0 Å². The molecule has 0 radical (unpaired) electrons. The van der Waals surface area contributed by atoms with Crippen LogP contribution in [0.5, 0.6) is 0 Å². The van der Waals surface area contributed by atoms with Crippen LogP contribution >= 0.6 is 15.9 Å². The van der Waals surface area contributed by atoms with Crippen molar-refractivity contribution < 1.29 is 4.79 Å². The zero-order chi connectivity index (χ0) is 15.4. The standard InChI is InChI=1S/C15H23BrN4O/c1-10(2)14-18-12(16)9-13(19-14)17-11(3)15(21)20-7-5-4-6-8-20/h9-11H,4-8H2,1-3H3,(H,17,18,19). The Hall–Kier alpha value is -1.17. The van der Waals surface area contributed by atoms with Crippen LogP contribution in [0.15, 0.2) is 10.7 Å². The van der Waals surface area contributed by atoms with E-state index in [2.05, 4.69) is 31.2 Å². The molecule has 1 atom stereocenters. The molecule has 21 heavy (non-hydrogen) atoms. The summed E-state index contributed by atoms with van der Waals surface area (Å²) in [7, 11) is 0. The fourth-order valence-corrected chi connectivity index (χ4v) is 2.84. The number of likely N-dealkylation sites (tertiary alicyclic amines) is 1. The predicted molar refractivity (Wildman–Crippen MR) is 87.3 cm³/mol. The Morgan fingerprint density at radius 3 is 2.52 bits per heavy atom. The maximum Gasteiger partial charge on any atom is 0.244 e. The maximum atomic E-state index is 12.4. The van der Waals surface area contributed by atoms with E-state index in [1.165, 1.54) is 6.42 Å². The van der Waals surface area contributed by atoms with Crippen molar-refractivity contribution in [1.82, 2.24) is 14.9 Å². The molecule has 6 heteroatoms. The molecular weight excluding hydrogens is 332 g/mol. The Bertz CT molecular complexity index is 500. The van der Waals surface area contributed by atoms with Crippen LogP contribution in [0.2, 0.25) is 0 Å². The molecule has 2 rings (SSSR count). The van der Waals surface area contributed by atoms with Crippen molar-refractivity contribution in [2.75, 3.05) is 18.4 Å². The Balaban J connectivity index is 2.04. The van der Waals surface area contributed by atoms with Gasteiger partial charge in [0.05, 0.1) is 0 Å². The highest BCUT2D eigenvalue weighted by molar-refractivity contribution is 9.10. The van der Waals surface area contributed by atoms with Crippen LogP contribution in [0.25, 0.3) is 0 Å². The van der Waals surface area contributed by atoms with Crippen LogP contribution in [0.4, 0.5) is 5.82 Å². The number of halogens is 1. The lowest BCUT2D eigenvalue weighted by atomic mass is 10.1. The summed E-state index contributed by atoms with van der Waals surface area (Å²) in [6.07, 6.45) is 3.44. The van der Waals surface area contributed by atoms with Crippen molar-refractivity contribution in [3.63, 3.8) is 0 Å². The lowest BCUT2D eigenvalue weighted by Gasteiger charge is -2.29. The lowest BCUT2D eigenvalue weighted by Crippen LogP contribution is -2.44. The number of nitrogens with zero attached hydrogens (tertiary/aromatic N) is 3. The van der Waals surface area contributed by atoms with E-state index >= 15 is 0 Å². The van der Waals surface area contributed by atoms with Crippen LogP contribution in [-0.2, 0) is 4.79 Å². The molecule has 5 nitrogen and oxygen atoms in total. The quantitative estimate of drug-likeness (QED) is 0.843. The number of nitrogens with one attached hydrogen (secondary N) is 1. The monoisotopic (exact) mass is 354 g/mol. The summed E-state index contributed by atoms with van der Waals surface area (Å²) in [5.74, 6) is 1.86. The first-order valence-electron chi connectivity index (χ1n) is 7.57. The van der Waals surface area contributed by atoms with E-state index in [0.29, 0.717) is 5.82 Å². The summed E-state index contributed by atoms with van der Waals surface area (Å²) in [6, 6.07) is 1.54. The van der Waals surface area contributed by atoms with Gasteiger partial charge in [-0.05, 0) is 42.1 Å². The zero-order valence-corrected chi connectivity index (χ0v) is 14.5. The number of piperidine rings is 1. The molecule has 0 aliphatic carbocycles. The third kappa shape index (κ3) is 4.40. The number of hydrogen-bond donors (Lipinski definition) is 1. The largest absolute Gasteiger partial charge is 0.358 e. The Labute approximate surface area is 134 Å². The second kappa shape index (κ2) is 7.20. The minimum Gasteiger partial charge on any atom is -0.358 e.